The number of hydrogen-bond donors (Lipinski definition) is 1. The molecule has 3 aromatic rings. The second-order valence-electron chi connectivity index (χ2n) is 9.13. The first-order valence-corrected chi connectivity index (χ1v) is 12.9. The molecule has 1 unspecified atom stereocenters. The summed E-state index contributed by atoms with van der Waals surface area (Å²) >= 11 is 12.3. The largest absolute Gasteiger partial charge is 0.352 e. The zero-order valence-corrected chi connectivity index (χ0v) is 21.1. The van der Waals surface area contributed by atoms with Crippen LogP contribution in [-0.2, 0) is 29.0 Å². The molecule has 35 heavy (non-hydrogen) atoms. The van der Waals surface area contributed by atoms with E-state index in [-0.39, 0.29) is 24.3 Å². The quantitative estimate of drug-likeness (QED) is 0.372. The van der Waals surface area contributed by atoms with Crippen LogP contribution in [0.3, 0.4) is 0 Å². The lowest BCUT2D eigenvalue weighted by Gasteiger charge is -2.32. The zero-order chi connectivity index (χ0) is 24.6. The summed E-state index contributed by atoms with van der Waals surface area (Å²) in [6.45, 7) is 0.344. The van der Waals surface area contributed by atoms with E-state index < -0.39 is 6.04 Å². The van der Waals surface area contributed by atoms with Crippen molar-refractivity contribution in [2.45, 2.75) is 57.2 Å². The van der Waals surface area contributed by atoms with Crippen molar-refractivity contribution in [2.24, 2.45) is 0 Å². The summed E-state index contributed by atoms with van der Waals surface area (Å²) in [5.41, 5.74) is 2.75. The monoisotopic (exact) mass is 508 g/mol. The summed E-state index contributed by atoms with van der Waals surface area (Å²) < 4.78 is 0. The molecule has 0 spiro atoms. The highest BCUT2D eigenvalue weighted by Crippen LogP contribution is 2.24. The number of nitrogens with zero attached hydrogens (tertiary/aromatic N) is 1. The van der Waals surface area contributed by atoms with Gasteiger partial charge in [0.25, 0.3) is 0 Å². The number of benzene rings is 3. The Hall–Kier alpha value is -2.82. The van der Waals surface area contributed by atoms with Crippen LogP contribution >= 0.6 is 23.2 Å². The van der Waals surface area contributed by atoms with E-state index in [0.717, 1.165) is 42.4 Å². The molecule has 1 N–H and O–H groups in total. The van der Waals surface area contributed by atoms with Crippen molar-refractivity contribution in [1.29, 1.82) is 0 Å². The van der Waals surface area contributed by atoms with E-state index in [1.54, 1.807) is 23.1 Å². The lowest BCUT2D eigenvalue weighted by atomic mass is 10.0. The molecule has 6 heteroatoms. The van der Waals surface area contributed by atoms with Crippen LogP contribution in [0.1, 0.15) is 42.4 Å². The van der Waals surface area contributed by atoms with Gasteiger partial charge >= 0.3 is 0 Å². The topological polar surface area (TPSA) is 49.4 Å². The molecule has 1 aliphatic carbocycles. The fourth-order valence-corrected chi connectivity index (χ4v) is 4.95. The predicted octanol–water partition coefficient (Wildman–Crippen LogP) is 6.23. The van der Waals surface area contributed by atoms with E-state index in [1.807, 2.05) is 60.7 Å². The molecule has 0 heterocycles. The van der Waals surface area contributed by atoms with Crippen LogP contribution in [0.4, 0.5) is 0 Å². The van der Waals surface area contributed by atoms with Crippen molar-refractivity contribution < 1.29 is 9.59 Å². The molecule has 0 aromatic heterocycles. The Balaban J connectivity index is 1.64. The predicted molar refractivity (Wildman–Crippen MR) is 141 cm³/mol. The first kappa shape index (κ1) is 25.3. The van der Waals surface area contributed by atoms with Crippen LogP contribution in [0, 0.1) is 0 Å². The van der Waals surface area contributed by atoms with Gasteiger partial charge in [-0.15, -0.1) is 0 Å². The van der Waals surface area contributed by atoms with E-state index in [4.69, 9.17) is 23.2 Å². The Morgan fingerprint density at radius 3 is 2.09 bits per heavy atom. The minimum Gasteiger partial charge on any atom is -0.352 e. The Bertz CT molecular complexity index is 1130. The smallest absolute Gasteiger partial charge is 0.243 e. The number of amides is 2. The Kier molecular flexibility index (Phi) is 8.84. The average molecular weight is 509 g/mol. The number of hydrogen-bond acceptors (Lipinski definition) is 2. The van der Waals surface area contributed by atoms with Gasteiger partial charge in [-0.3, -0.25) is 9.59 Å². The summed E-state index contributed by atoms with van der Waals surface area (Å²) in [7, 11) is 0. The standard InChI is InChI=1S/C29H30Cl2N2O2/c30-25-16-15-23(17-26(25)31)19-28(34)33(20-22-11-5-2-6-12-22)27(18-21-9-3-1-4-10-21)29(35)32-24-13-7-8-14-24/h1-6,9-12,15-17,24,27H,7-8,13-14,18-20H2,(H,32,35). The number of carbonyl (C=O) groups excluding carboxylic acids is 2. The summed E-state index contributed by atoms with van der Waals surface area (Å²) in [5, 5.41) is 4.08. The van der Waals surface area contributed by atoms with Gasteiger partial charge in [-0.25, -0.2) is 0 Å². The number of rotatable bonds is 9. The second kappa shape index (κ2) is 12.2. The minimum atomic E-state index is -0.631. The van der Waals surface area contributed by atoms with Gasteiger partial charge in [0, 0.05) is 19.0 Å². The molecule has 1 saturated carbocycles. The maximum absolute atomic E-state index is 13.8. The van der Waals surface area contributed by atoms with Crippen molar-refractivity contribution in [3.8, 4) is 0 Å². The first-order chi connectivity index (χ1) is 17.0. The van der Waals surface area contributed by atoms with E-state index in [0.29, 0.717) is 23.0 Å². The number of nitrogens with one attached hydrogen (secondary N) is 1. The molecule has 0 saturated heterocycles. The van der Waals surface area contributed by atoms with E-state index in [2.05, 4.69) is 5.32 Å². The molecule has 0 radical (unpaired) electrons. The van der Waals surface area contributed by atoms with Crippen LogP contribution < -0.4 is 5.32 Å². The van der Waals surface area contributed by atoms with E-state index >= 15 is 0 Å². The minimum absolute atomic E-state index is 0.0980. The maximum atomic E-state index is 13.8. The Morgan fingerprint density at radius 2 is 1.46 bits per heavy atom. The molecule has 1 atom stereocenters. The molecule has 2 amide bonds. The van der Waals surface area contributed by atoms with E-state index in [1.165, 1.54) is 0 Å². The first-order valence-electron chi connectivity index (χ1n) is 12.1. The lowest BCUT2D eigenvalue weighted by molar-refractivity contribution is -0.141. The third-order valence-electron chi connectivity index (χ3n) is 6.51. The zero-order valence-electron chi connectivity index (χ0n) is 19.6. The lowest BCUT2D eigenvalue weighted by Crippen LogP contribution is -2.52. The van der Waals surface area contributed by atoms with Gasteiger partial charge < -0.3 is 10.2 Å². The Labute approximate surface area is 217 Å². The van der Waals surface area contributed by atoms with Crippen LogP contribution in [-0.4, -0.2) is 28.8 Å². The van der Waals surface area contributed by atoms with Gasteiger partial charge in [0.1, 0.15) is 6.04 Å². The molecule has 0 aliphatic heterocycles. The van der Waals surface area contributed by atoms with Crippen molar-refractivity contribution in [1.82, 2.24) is 10.2 Å². The highest BCUT2D eigenvalue weighted by atomic mass is 35.5. The normalized spacial score (nSPS) is 14.5. The van der Waals surface area contributed by atoms with Crippen molar-refractivity contribution in [3.63, 3.8) is 0 Å². The Morgan fingerprint density at radius 1 is 0.829 bits per heavy atom. The third kappa shape index (κ3) is 7.09. The van der Waals surface area contributed by atoms with Crippen LogP contribution in [0.5, 0.6) is 0 Å². The van der Waals surface area contributed by atoms with E-state index in [9.17, 15) is 9.59 Å². The summed E-state index contributed by atoms with van der Waals surface area (Å²) in [6, 6.07) is 24.4. The number of carbonyl (C=O) groups is 2. The van der Waals surface area contributed by atoms with Crippen molar-refractivity contribution >= 4 is 35.0 Å². The van der Waals surface area contributed by atoms with Gasteiger partial charge in [0.15, 0.2) is 0 Å². The second-order valence-corrected chi connectivity index (χ2v) is 9.94. The average Bonchev–Trinajstić information content (AvgIpc) is 3.38. The van der Waals surface area contributed by atoms with Gasteiger partial charge in [0.2, 0.25) is 11.8 Å². The summed E-state index contributed by atoms with van der Waals surface area (Å²) in [5.74, 6) is -0.228. The molecular formula is C29H30Cl2N2O2. The molecule has 4 nitrogen and oxygen atoms in total. The molecule has 4 rings (SSSR count). The van der Waals surface area contributed by atoms with Crippen molar-refractivity contribution in [3.05, 3.63) is 106 Å². The molecule has 182 valence electrons. The SMILES string of the molecule is O=C(NC1CCCC1)C(Cc1ccccc1)N(Cc1ccccc1)C(=O)Cc1ccc(Cl)c(Cl)c1. The van der Waals surface area contributed by atoms with Gasteiger partial charge in [-0.2, -0.15) is 0 Å². The molecule has 1 fully saturated rings. The third-order valence-corrected chi connectivity index (χ3v) is 7.25. The van der Waals surface area contributed by atoms with Crippen LogP contribution in [0.25, 0.3) is 0 Å². The highest BCUT2D eigenvalue weighted by molar-refractivity contribution is 6.42. The van der Waals surface area contributed by atoms with Crippen LogP contribution in [0.2, 0.25) is 10.0 Å². The summed E-state index contributed by atoms with van der Waals surface area (Å²) in [6.07, 6.45) is 4.79. The van der Waals surface area contributed by atoms with Gasteiger partial charge in [-0.1, -0.05) is 103 Å². The molecular weight excluding hydrogens is 479 g/mol. The fraction of sp³-hybridized carbons (Fsp3) is 0.310. The summed E-state index contributed by atoms with van der Waals surface area (Å²) in [4.78, 5) is 29.1. The number of halogens is 2. The fourth-order valence-electron chi connectivity index (χ4n) is 4.63. The van der Waals surface area contributed by atoms with Gasteiger partial charge in [-0.05, 0) is 41.7 Å². The van der Waals surface area contributed by atoms with Crippen LogP contribution in [0.15, 0.2) is 78.9 Å². The highest BCUT2D eigenvalue weighted by Gasteiger charge is 2.32. The maximum Gasteiger partial charge on any atom is 0.243 e. The van der Waals surface area contributed by atoms with Gasteiger partial charge in [0.05, 0.1) is 16.5 Å². The molecule has 0 bridgehead atoms. The molecule has 3 aromatic carbocycles. The molecule has 1 aliphatic rings. The van der Waals surface area contributed by atoms with Crippen molar-refractivity contribution in [2.75, 3.05) is 0 Å².